The number of nitrogen functional groups attached to an aromatic ring is 1. The Labute approximate surface area is 106 Å². The Morgan fingerprint density at radius 3 is 3.00 bits per heavy atom. The van der Waals surface area contributed by atoms with Crippen LogP contribution >= 0.6 is 0 Å². The van der Waals surface area contributed by atoms with Crippen molar-refractivity contribution in [2.45, 2.75) is 25.7 Å². The highest BCUT2D eigenvalue weighted by molar-refractivity contribution is 5.96. The van der Waals surface area contributed by atoms with Crippen LogP contribution in [0.5, 0.6) is 0 Å². The van der Waals surface area contributed by atoms with Gasteiger partial charge in [0.1, 0.15) is 5.84 Å². The molecule has 5 heteroatoms. The fourth-order valence-corrected chi connectivity index (χ4v) is 1.86. The van der Waals surface area contributed by atoms with E-state index < -0.39 is 0 Å². The van der Waals surface area contributed by atoms with Gasteiger partial charge in [-0.2, -0.15) is 0 Å². The highest BCUT2D eigenvalue weighted by Gasteiger charge is 2.07. The third-order valence-electron chi connectivity index (χ3n) is 2.84. The Morgan fingerprint density at radius 1 is 1.28 bits per heavy atom. The summed E-state index contributed by atoms with van der Waals surface area (Å²) in [5, 5.41) is 0. The molecule has 0 fully saturated rings. The second-order valence-electron chi connectivity index (χ2n) is 4.34. The molecule has 1 heterocycles. The number of nitrogens with one attached hydrogen (secondary N) is 2. The van der Waals surface area contributed by atoms with Crippen molar-refractivity contribution in [2.75, 3.05) is 12.3 Å². The van der Waals surface area contributed by atoms with Crippen LogP contribution in [-0.4, -0.2) is 18.3 Å². The molecule has 1 amide bonds. The van der Waals surface area contributed by atoms with Gasteiger partial charge in [0.05, 0.1) is 0 Å². The van der Waals surface area contributed by atoms with Gasteiger partial charge in [0.25, 0.3) is 5.91 Å². The van der Waals surface area contributed by atoms with E-state index in [1.807, 2.05) is 0 Å². The van der Waals surface area contributed by atoms with Crippen molar-refractivity contribution in [2.24, 2.45) is 4.99 Å². The number of rotatable bonds is 1. The van der Waals surface area contributed by atoms with Crippen molar-refractivity contribution in [3.8, 4) is 0 Å². The van der Waals surface area contributed by atoms with Crippen LogP contribution in [0.25, 0.3) is 0 Å². The number of anilines is 1. The Bertz CT molecular complexity index is 456. The zero-order valence-electron chi connectivity index (χ0n) is 10.3. The van der Waals surface area contributed by atoms with E-state index in [-0.39, 0.29) is 5.91 Å². The number of aliphatic imine (C=N–C) groups is 1. The fraction of sp³-hybridized carbons (Fsp3) is 0.385. The van der Waals surface area contributed by atoms with Crippen LogP contribution < -0.4 is 16.6 Å². The Balaban J connectivity index is 1.90. The summed E-state index contributed by atoms with van der Waals surface area (Å²) in [6, 6.07) is 6.88. The minimum atomic E-state index is -0.200. The van der Waals surface area contributed by atoms with E-state index in [4.69, 9.17) is 5.73 Å². The van der Waals surface area contributed by atoms with Gasteiger partial charge in [0.2, 0.25) is 0 Å². The molecule has 1 aliphatic heterocycles. The Kier molecular flexibility index (Phi) is 4.17. The molecule has 0 unspecified atom stereocenters. The van der Waals surface area contributed by atoms with Gasteiger partial charge in [-0.15, -0.1) is 0 Å². The van der Waals surface area contributed by atoms with E-state index in [9.17, 15) is 4.79 Å². The maximum absolute atomic E-state index is 11.8. The van der Waals surface area contributed by atoms with Gasteiger partial charge >= 0.3 is 0 Å². The number of benzene rings is 1. The summed E-state index contributed by atoms with van der Waals surface area (Å²) in [6.45, 7) is 0.830. The first kappa shape index (κ1) is 12.4. The second-order valence-corrected chi connectivity index (χ2v) is 4.34. The van der Waals surface area contributed by atoms with Crippen LogP contribution in [0.3, 0.4) is 0 Å². The molecule has 4 N–H and O–H groups in total. The molecule has 0 aromatic heterocycles. The average molecular weight is 246 g/mol. The van der Waals surface area contributed by atoms with E-state index >= 15 is 0 Å². The molecule has 1 aliphatic rings. The monoisotopic (exact) mass is 246 g/mol. The maximum atomic E-state index is 11.8. The summed E-state index contributed by atoms with van der Waals surface area (Å²) < 4.78 is 0. The van der Waals surface area contributed by atoms with E-state index in [0.29, 0.717) is 11.3 Å². The van der Waals surface area contributed by atoms with Crippen LogP contribution in [0.4, 0.5) is 5.69 Å². The van der Waals surface area contributed by atoms with Crippen molar-refractivity contribution in [3.05, 3.63) is 29.8 Å². The summed E-state index contributed by atoms with van der Waals surface area (Å²) >= 11 is 0. The molecular weight excluding hydrogens is 228 g/mol. The Hall–Kier alpha value is -2.04. The zero-order chi connectivity index (χ0) is 12.8. The maximum Gasteiger partial charge on any atom is 0.269 e. The summed E-state index contributed by atoms with van der Waals surface area (Å²) in [4.78, 5) is 16.2. The van der Waals surface area contributed by atoms with Crippen molar-refractivity contribution in [3.63, 3.8) is 0 Å². The number of amides is 1. The number of amidine groups is 1. The van der Waals surface area contributed by atoms with Crippen LogP contribution in [0, 0.1) is 0 Å². The number of nitrogens with two attached hydrogens (primary N) is 1. The summed E-state index contributed by atoms with van der Waals surface area (Å²) in [5.41, 5.74) is 12.3. The standard InChI is InChI=1S/C13H18N4O/c14-11-6-4-5-10(9-11)13(18)17-16-12-7-2-1-3-8-15-12/h4-6,9H,1-3,7-8,14H2,(H,15,16)(H,17,18). The first-order valence-electron chi connectivity index (χ1n) is 6.21. The molecule has 1 aromatic carbocycles. The molecule has 0 aliphatic carbocycles. The third kappa shape index (κ3) is 3.48. The molecule has 5 nitrogen and oxygen atoms in total. The Morgan fingerprint density at radius 2 is 2.17 bits per heavy atom. The first-order chi connectivity index (χ1) is 8.75. The molecule has 96 valence electrons. The quantitative estimate of drug-likeness (QED) is 0.518. The molecule has 0 spiro atoms. The zero-order valence-corrected chi connectivity index (χ0v) is 10.3. The number of hydrazine groups is 1. The minimum Gasteiger partial charge on any atom is -0.399 e. The average Bonchev–Trinajstić information content (AvgIpc) is 2.64. The molecule has 18 heavy (non-hydrogen) atoms. The van der Waals surface area contributed by atoms with Crippen molar-refractivity contribution in [1.29, 1.82) is 0 Å². The van der Waals surface area contributed by atoms with Gasteiger partial charge in [-0.1, -0.05) is 12.5 Å². The number of carbonyl (C=O) groups excluding carboxylic acids is 1. The molecule has 2 rings (SSSR count). The van der Waals surface area contributed by atoms with Crippen LogP contribution in [0.2, 0.25) is 0 Å². The van der Waals surface area contributed by atoms with Crippen LogP contribution in [0.1, 0.15) is 36.0 Å². The molecule has 0 bridgehead atoms. The van der Waals surface area contributed by atoms with E-state index in [0.717, 1.165) is 31.6 Å². The van der Waals surface area contributed by atoms with Crippen molar-refractivity contribution in [1.82, 2.24) is 10.9 Å². The SMILES string of the molecule is Nc1cccc(C(=O)NNC2=NCCCCC2)c1. The normalized spacial score (nSPS) is 15.4. The van der Waals surface area contributed by atoms with Gasteiger partial charge < -0.3 is 5.73 Å². The second kappa shape index (κ2) is 6.05. The number of hydrogen-bond acceptors (Lipinski definition) is 4. The summed E-state index contributed by atoms with van der Waals surface area (Å²) in [5.74, 6) is 0.652. The fourth-order valence-electron chi connectivity index (χ4n) is 1.86. The highest BCUT2D eigenvalue weighted by atomic mass is 16.2. The lowest BCUT2D eigenvalue weighted by atomic mass is 10.2. The predicted molar refractivity (Wildman–Crippen MR) is 72.2 cm³/mol. The minimum absolute atomic E-state index is 0.200. The predicted octanol–water partition coefficient (Wildman–Crippen LogP) is 1.48. The third-order valence-corrected chi connectivity index (χ3v) is 2.84. The summed E-state index contributed by atoms with van der Waals surface area (Å²) in [6.07, 6.45) is 4.31. The first-order valence-corrected chi connectivity index (χ1v) is 6.21. The van der Waals surface area contributed by atoms with Gasteiger partial charge in [0, 0.05) is 24.2 Å². The van der Waals surface area contributed by atoms with Crippen molar-refractivity contribution < 1.29 is 4.79 Å². The van der Waals surface area contributed by atoms with Gasteiger partial charge in [0.15, 0.2) is 0 Å². The van der Waals surface area contributed by atoms with E-state index in [1.54, 1.807) is 24.3 Å². The number of carbonyl (C=O) groups is 1. The van der Waals surface area contributed by atoms with E-state index in [1.165, 1.54) is 6.42 Å². The number of hydrogen-bond donors (Lipinski definition) is 3. The van der Waals surface area contributed by atoms with Gasteiger partial charge in [-0.05, 0) is 31.0 Å². The smallest absolute Gasteiger partial charge is 0.269 e. The molecular formula is C13H18N4O. The molecule has 0 atom stereocenters. The molecule has 0 saturated carbocycles. The van der Waals surface area contributed by atoms with Crippen molar-refractivity contribution >= 4 is 17.4 Å². The van der Waals surface area contributed by atoms with Gasteiger partial charge in [-0.3, -0.25) is 20.6 Å². The molecule has 1 aromatic rings. The van der Waals surface area contributed by atoms with Crippen LogP contribution in [-0.2, 0) is 0 Å². The van der Waals surface area contributed by atoms with Crippen LogP contribution in [0.15, 0.2) is 29.3 Å². The lowest BCUT2D eigenvalue weighted by Gasteiger charge is -2.10. The molecule has 0 saturated heterocycles. The lowest BCUT2D eigenvalue weighted by Crippen LogP contribution is -2.41. The summed E-state index contributed by atoms with van der Waals surface area (Å²) in [7, 11) is 0. The molecule has 0 radical (unpaired) electrons. The van der Waals surface area contributed by atoms with Gasteiger partial charge in [-0.25, -0.2) is 0 Å². The lowest BCUT2D eigenvalue weighted by molar-refractivity contribution is 0.0943. The number of nitrogens with zero attached hydrogens (tertiary/aromatic N) is 1. The van der Waals surface area contributed by atoms with E-state index in [2.05, 4.69) is 15.8 Å². The highest BCUT2D eigenvalue weighted by Crippen LogP contribution is 2.07. The largest absolute Gasteiger partial charge is 0.399 e. The topological polar surface area (TPSA) is 79.5 Å².